The Morgan fingerprint density at radius 3 is 2.58 bits per heavy atom. The number of hydrogen-bond donors (Lipinski definition) is 1. The fraction of sp³-hybridized carbons (Fsp3) is 0.318. The number of hydrogen-bond acceptors (Lipinski definition) is 6. The van der Waals surface area contributed by atoms with Gasteiger partial charge in [-0.05, 0) is 71.8 Å². The molecule has 4 rings (SSSR count). The molecule has 1 aliphatic heterocycles. The van der Waals surface area contributed by atoms with Crippen LogP contribution in [-0.2, 0) is 16.1 Å². The highest BCUT2D eigenvalue weighted by Gasteiger charge is 2.35. The zero-order chi connectivity index (χ0) is 22.0. The summed E-state index contributed by atoms with van der Waals surface area (Å²) in [6.45, 7) is 4.57. The van der Waals surface area contributed by atoms with Gasteiger partial charge in [-0.3, -0.25) is 9.59 Å². The monoisotopic (exact) mass is 420 g/mol. The minimum absolute atomic E-state index is 0.0784. The molecule has 1 N–H and O–H groups in total. The number of nitrogens with one attached hydrogen (secondary N) is 1. The van der Waals surface area contributed by atoms with Gasteiger partial charge in [-0.1, -0.05) is 6.07 Å². The number of ether oxygens (including phenoxy) is 1. The largest absolute Gasteiger partial charge is 0.497 e. The molecule has 1 aliphatic rings. The van der Waals surface area contributed by atoms with E-state index in [1.165, 1.54) is 5.56 Å². The van der Waals surface area contributed by atoms with Crippen LogP contribution in [0.15, 0.2) is 42.5 Å². The van der Waals surface area contributed by atoms with Crippen molar-refractivity contribution in [2.75, 3.05) is 18.6 Å². The number of anilines is 1. The Bertz CT molecular complexity index is 1110. The molecular weight excluding hydrogens is 396 g/mol. The van der Waals surface area contributed by atoms with Gasteiger partial charge in [0.05, 0.1) is 25.3 Å². The molecule has 0 saturated carbocycles. The van der Waals surface area contributed by atoms with Crippen molar-refractivity contribution in [3.63, 3.8) is 0 Å². The summed E-state index contributed by atoms with van der Waals surface area (Å²) in [4.78, 5) is 26.8. The zero-order valence-electron chi connectivity index (χ0n) is 17.7. The van der Waals surface area contributed by atoms with Crippen molar-refractivity contribution >= 4 is 17.5 Å². The maximum absolute atomic E-state index is 12.7. The highest BCUT2D eigenvalue weighted by molar-refractivity contribution is 6.00. The first-order chi connectivity index (χ1) is 15.0. The lowest BCUT2D eigenvalue weighted by Gasteiger charge is -2.17. The number of aromatic nitrogens is 4. The molecule has 0 unspecified atom stereocenters. The lowest BCUT2D eigenvalue weighted by Crippen LogP contribution is -2.33. The molecule has 9 nitrogen and oxygen atoms in total. The minimum Gasteiger partial charge on any atom is -0.497 e. The number of carbonyl (C=O) groups is 2. The highest BCUT2D eigenvalue weighted by atomic mass is 16.5. The molecule has 1 aromatic heterocycles. The Morgan fingerprint density at radius 2 is 1.87 bits per heavy atom. The van der Waals surface area contributed by atoms with Crippen molar-refractivity contribution < 1.29 is 14.3 Å². The molecule has 1 fully saturated rings. The summed E-state index contributed by atoms with van der Waals surface area (Å²) in [6.07, 6.45) is 0.167. The van der Waals surface area contributed by atoms with E-state index in [0.717, 1.165) is 16.9 Å². The van der Waals surface area contributed by atoms with E-state index in [4.69, 9.17) is 4.74 Å². The van der Waals surface area contributed by atoms with Crippen LogP contribution in [0, 0.1) is 19.8 Å². The van der Waals surface area contributed by atoms with Gasteiger partial charge in [0.15, 0.2) is 5.82 Å². The van der Waals surface area contributed by atoms with Crippen LogP contribution < -0.4 is 15.0 Å². The average molecular weight is 420 g/mol. The third kappa shape index (κ3) is 4.25. The molecule has 0 spiro atoms. The topological polar surface area (TPSA) is 102 Å². The predicted octanol–water partition coefficient (Wildman–Crippen LogP) is 1.96. The molecule has 1 atom stereocenters. The van der Waals surface area contributed by atoms with Gasteiger partial charge in [-0.25, -0.2) is 0 Å². The Balaban J connectivity index is 1.40. The van der Waals surface area contributed by atoms with Crippen LogP contribution in [0.4, 0.5) is 5.69 Å². The molecule has 2 heterocycles. The summed E-state index contributed by atoms with van der Waals surface area (Å²) in [5.41, 5.74) is 3.89. The van der Waals surface area contributed by atoms with E-state index in [9.17, 15) is 9.59 Å². The fourth-order valence-electron chi connectivity index (χ4n) is 3.58. The molecule has 31 heavy (non-hydrogen) atoms. The molecular formula is C22H24N6O3. The summed E-state index contributed by atoms with van der Waals surface area (Å²) >= 11 is 0. The van der Waals surface area contributed by atoms with Crippen molar-refractivity contribution in [2.45, 2.75) is 26.8 Å². The van der Waals surface area contributed by atoms with Crippen LogP contribution in [0.25, 0.3) is 5.69 Å². The maximum Gasteiger partial charge on any atom is 0.227 e. The van der Waals surface area contributed by atoms with Crippen molar-refractivity contribution in [3.05, 3.63) is 59.4 Å². The fourth-order valence-corrected chi connectivity index (χ4v) is 3.58. The normalized spacial score (nSPS) is 15.9. The van der Waals surface area contributed by atoms with Gasteiger partial charge in [0.25, 0.3) is 0 Å². The van der Waals surface area contributed by atoms with E-state index in [1.807, 2.05) is 44.2 Å². The third-order valence-corrected chi connectivity index (χ3v) is 5.57. The van der Waals surface area contributed by atoms with Gasteiger partial charge in [-0.15, -0.1) is 5.10 Å². The first-order valence-corrected chi connectivity index (χ1v) is 10.0. The van der Waals surface area contributed by atoms with Crippen molar-refractivity contribution in [3.8, 4) is 11.4 Å². The highest BCUT2D eigenvalue weighted by Crippen LogP contribution is 2.27. The van der Waals surface area contributed by atoms with Gasteiger partial charge in [0, 0.05) is 18.7 Å². The Kier molecular flexibility index (Phi) is 5.66. The van der Waals surface area contributed by atoms with Crippen LogP contribution >= 0.6 is 0 Å². The summed E-state index contributed by atoms with van der Waals surface area (Å²) in [5.74, 6) is 0.531. The molecule has 160 valence electrons. The first-order valence-electron chi connectivity index (χ1n) is 10.0. The second-order valence-corrected chi connectivity index (χ2v) is 7.60. The van der Waals surface area contributed by atoms with Crippen LogP contribution in [0.3, 0.4) is 0 Å². The first kappa shape index (κ1) is 20.5. The van der Waals surface area contributed by atoms with Gasteiger partial charge >= 0.3 is 0 Å². The predicted molar refractivity (Wildman–Crippen MR) is 114 cm³/mol. The van der Waals surface area contributed by atoms with E-state index in [0.29, 0.717) is 18.1 Å². The quantitative estimate of drug-likeness (QED) is 0.654. The molecule has 1 saturated heterocycles. The van der Waals surface area contributed by atoms with Crippen molar-refractivity contribution in [1.82, 2.24) is 25.5 Å². The Hall–Kier alpha value is -3.75. The maximum atomic E-state index is 12.7. The summed E-state index contributed by atoms with van der Waals surface area (Å²) in [6, 6.07) is 13.2. The summed E-state index contributed by atoms with van der Waals surface area (Å²) in [5, 5.41) is 14.7. The van der Waals surface area contributed by atoms with Crippen LogP contribution in [0.5, 0.6) is 5.75 Å². The van der Waals surface area contributed by atoms with Crippen LogP contribution in [0.2, 0.25) is 0 Å². The summed E-state index contributed by atoms with van der Waals surface area (Å²) in [7, 11) is 1.59. The van der Waals surface area contributed by atoms with E-state index < -0.39 is 5.92 Å². The van der Waals surface area contributed by atoms with E-state index in [2.05, 4.69) is 20.8 Å². The van der Waals surface area contributed by atoms with Crippen molar-refractivity contribution in [2.24, 2.45) is 5.92 Å². The summed E-state index contributed by atoms with van der Waals surface area (Å²) < 4.78 is 6.76. The number of rotatable bonds is 6. The minimum atomic E-state index is -0.430. The molecule has 0 bridgehead atoms. The second-order valence-electron chi connectivity index (χ2n) is 7.60. The van der Waals surface area contributed by atoms with Crippen LogP contribution in [0.1, 0.15) is 23.4 Å². The number of carbonyl (C=O) groups excluding carboxylic acids is 2. The average Bonchev–Trinajstić information content (AvgIpc) is 3.41. The van der Waals surface area contributed by atoms with Gasteiger partial charge < -0.3 is 15.0 Å². The number of aryl methyl sites for hydroxylation is 2. The molecule has 3 aromatic rings. The van der Waals surface area contributed by atoms with Gasteiger partial charge in [0.1, 0.15) is 5.75 Å². The smallest absolute Gasteiger partial charge is 0.227 e. The Morgan fingerprint density at radius 1 is 1.13 bits per heavy atom. The SMILES string of the molecule is COc1ccc(N2C[C@@H](C(=O)NCc3nnnn3-c3ccc(C)c(C)c3)CC2=O)cc1. The second kappa shape index (κ2) is 8.55. The number of methoxy groups -OCH3 is 1. The molecule has 2 amide bonds. The molecule has 0 radical (unpaired) electrons. The van der Waals surface area contributed by atoms with Crippen molar-refractivity contribution in [1.29, 1.82) is 0 Å². The standard InChI is InChI=1S/C22H24N6O3/c1-14-4-5-18(10-15(14)2)28-20(24-25-26-28)12-23-22(30)16-11-21(29)27(13-16)17-6-8-19(31-3)9-7-17/h4-10,16H,11-13H2,1-3H3,(H,23,30)/t16-/m0/s1. The van der Waals surface area contributed by atoms with E-state index in [1.54, 1.807) is 28.8 Å². The third-order valence-electron chi connectivity index (χ3n) is 5.57. The number of amides is 2. The number of tetrazole rings is 1. The molecule has 9 heteroatoms. The lowest BCUT2D eigenvalue weighted by atomic mass is 10.1. The van der Waals surface area contributed by atoms with E-state index in [-0.39, 0.29) is 24.8 Å². The molecule has 2 aromatic carbocycles. The Labute approximate surface area is 180 Å². The number of nitrogens with zero attached hydrogens (tertiary/aromatic N) is 5. The van der Waals surface area contributed by atoms with Gasteiger partial charge in [0.2, 0.25) is 11.8 Å². The van der Waals surface area contributed by atoms with Crippen LogP contribution in [-0.4, -0.2) is 45.7 Å². The zero-order valence-corrected chi connectivity index (χ0v) is 17.7. The number of benzene rings is 2. The molecule has 0 aliphatic carbocycles. The van der Waals surface area contributed by atoms with E-state index >= 15 is 0 Å². The van der Waals surface area contributed by atoms with Gasteiger partial charge in [-0.2, -0.15) is 4.68 Å². The lowest BCUT2D eigenvalue weighted by molar-refractivity contribution is -0.126.